The first kappa shape index (κ1) is 17.6. The van der Waals surface area contributed by atoms with Gasteiger partial charge in [0.1, 0.15) is 5.01 Å². The lowest BCUT2D eigenvalue weighted by Crippen LogP contribution is -2.31. The fourth-order valence-electron chi connectivity index (χ4n) is 3.12. The van der Waals surface area contributed by atoms with Gasteiger partial charge in [0.25, 0.3) is 0 Å². The molecule has 2 N–H and O–H groups in total. The molecular formula is C19H23N3O2S. The maximum Gasteiger partial charge on any atom is 0.223 e. The molecule has 1 fully saturated rings. The third-order valence-electron chi connectivity index (χ3n) is 4.44. The summed E-state index contributed by atoms with van der Waals surface area (Å²) in [4.78, 5) is 27.9. The van der Waals surface area contributed by atoms with E-state index in [0.717, 1.165) is 47.6 Å². The van der Waals surface area contributed by atoms with E-state index in [2.05, 4.69) is 15.6 Å². The zero-order valence-electron chi connectivity index (χ0n) is 14.4. The monoisotopic (exact) mass is 357 g/mol. The van der Waals surface area contributed by atoms with Crippen LogP contribution in [0.25, 0.3) is 11.3 Å². The minimum absolute atomic E-state index is 0.0857. The number of carbonyl (C=O) groups excluding carboxylic acids is 2. The molecule has 0 radical (unpaired) electrons. The number of aromatic nitrogens is 1. The molecule has 0 atom stereocenters. The maximum absolute atomic E-state index is 12.2. The number of hydrogen-bond acceptors (Lipinski definition) is 4. The van der Waals surface area contributed by atoms with Crippen LogP contribution in [0, 0.1) is 5.92 Å². The quantitative estimate of drug-likeness (QED) is 0.851. The number of rotatable bonds is 5. The Kier molecular flexibility index (Phi) is 5.81. The van der Waals surface area contributed by atoms with Crippen LogP contribution in [0.5, 0.6) is 0 Å². The van der Waals surface area contributed by atoms with E-state index < -0.39 is 0 Å². The molecule has 0 unspecified atom stereocenters. The summed E-state index contributed by atoms with van der Waals surface area (Å²) in [5, 5.41) is 8.68. The van der Waals surface area contributed by atoms with Crippen LogP contribution in [0.1, 0.15) is 44.0 Å². The lowest BCUT2D eigenvalue weighted by atomic mass is 9.89. The molecule has 2 aromatic rings. The molecule has 25 heavy (non-hydrogen) atoms. The zero-order chi connectivity index (χ0) is 17.6. The first-order valence-corrected chi connectivity index (χ1v) is 9.60. The molecule has 0 aliphatic heterocycles. The van der Waals surface area contributed by atoms with Gasteiger partial charge in [0.15, 0.2) is 0 Å². The summed E-state index contributed by atoms with van der Waals surface area (Å²) in [5.74, 6) is 0.253. The Morgan fingerprint density at radius 2 is 1.88 bits per heavy atom. The molecule has 132 valence electrons. The lowest BCUT2D eigenvalue weighted by molar-refractivity contribution is -0.126. The summed E-state index contributed by atoms with van der Waals surface area (Å²) >= 11 is 1.55. The summed E-state index contributed by atoms with van der Waals surface area (Å²) in [7, 11) is 0. The van der Waals surface area contributed by atoms with E-state index in [-0.39, 0.29) is 17.7 Å². The van der Waals surface area contributed by atoms with Gasteiger partial charge in [-0.15, -0.1) is 11.3 Å². The van der Waals surface area contributed by atoms with Crippen molar-refractivity contribution in [3.8, 4) is 11.3 Å². The van der Waals surface area contributed by atoms with Crippen molar-refractivity contribution in [1.82, 2.24) is 10.3 Å². The number of nitrogens with zero attached hydrogens (tertiary/aromatic N) is 1. The van der Waals surface area contributed by atoms with Gasteiger partial charge >= 0.3 is 0 Å². The smallest absolute Gasteiger partial charge is 0.223 e. The second kappa shape index (κ2) is 8.25. The Labute approximate surface area is 151 Å². The van der Waals surface area contributed by atoms with E-state index in [1.165, 1.54) is 13.3 Å². The number of nitrogens with one attached hydrogen (secondary N) is 2. The van der Waals surface area contributed by atoms with Gasteiger partial charge in [0.05, 0.1) is 12.2 Å². The topological polar surface area (TPSA) is 71.1 Å². The molecule has 1 aromatic heterocycles. The largest absolute Gasteiger partial charge is 0.349 e. The summed E-state index contributed by atoms with van der Waals surface area (Å²) in [6.45, 7) is 1.98. The Bertz CT molecular complexity index is 733. The second-order valence-electron chi connectivity index (χ2n) is 6.44. The van der Waals surface area contributed by atoms with Crippen LogP contribution < -0.4 is 10.6 Å². The predicted molar refractivity (Wildman–Crippen MR) is 100 cm³/mol. The van der Waals surface area contributed by atoms with Gasteiger partial charge in [0.2, 0.25) is 11.8 Å². The average molecular weight is 357 g/mol. The number of carbonyl (C=O) groups is 2. The van der Waals surface area contributed by atoms with Crippen LogP contribution in [-0.2, 0) is 16.1 Å². The van der Waals surface area contributed by atoms with Gasteiger partial charge in [-0.25, -0.2) is 4.98 Å². The predicted octanol–water partition coefficient (Wildman–Crippen LogP) is 3.97. The van der Waals surface area contributed by atoms with Crippen molar-refractivity contribution < 1.29 is 9.59 Å². The van der Waals surface area contributed by atoms with Crippen molar-refractivity contribution in [1.29, 1.82) is 0 Å². The van der Waals surface area contributed by atoms with Crippen LogP contribution in [0.4, 0.5) is 5.69 Å². The fraction of sp³-hybridized carbons (Fsp3) is 0.421. The van der Waals surface area contributed by atoms with E-state index in [0.29, 0.717) is 6.54 Å². The van der Waals surface area contributed by atoms with Crippen LogP contribution in [0.3, 0.4) is 0 Å². The molecule has 0 saturated heterocycles. The van der Waals surface area contributed by atoms with E-state index in [4.69, 9.17) is 0 Å². The molecule has 0 bridgehead atoms. The molecule has 2 amide bonds. The van der Waals surface area contributed by atoms with Crippen molar-refractivity contribution in [2.24, 2.45) is 5.92 Å². The highest BCUT2D eigenvalue weighted by atomic mass is 32.1. The van der Waals surface area contributed by atoms with Gasteiger partial charge in [-0.1, -0.05) is 31.4 Å². The molecule has 0 spiro atoms. The molecule has 5 nitrogen and oxygen atoms in total. The highest BCUT2D eigenvalue weighted by Gasteiger charge is 2.20. The van der Waals surface area contributed by atoms with Gasteiger partial charge in [0, 0.05) is 29.5 Å². The number of thiazole rings is 1. The molecule has 1 aliphatic rings. The first-order valence-electron chi connectivity index (χ1n) is 8.72. The van der Waals surface area contributed by atoms with Crippen molar-refractivity contribution in [3.63, 3.8) is 0 Å². The minimum Gasteiger partial charge on any atom is -0.349 e. The molecular weight excluding hydrogens is 334 g/mol. The summed E-state index contributed by atoms with van der Waals surface area (Å²) < 4.78 is 0. The average Bonchev–Trinajstić information content (AvgIpc) is 3.09. The Hall–Kier alpha value is -2.21. The molecule has 1 aromatic carbocycles. The summed E-state index contributed by atoms with van der Waals surface area (Å²) in [6.07, 6.45) is 5.59. The second-order valence-corrected chi connectivity index (χ2v) is 7.38. The number of benzene rings is 1. The van der Waals surface area contributed by atoms with Crippen LogP contribution in [0.2, 0.25) is 0 Å². The SMILES string of the molecule is CC(=O)Nc1ccc(-c2csc(CNC(=O)C3CCCCC3)n2)cc1. The zero-order valence-corrected chi connectivity index (χ0v) is 15.2. The van der Waals surface area contributed by atoms with Crippen LogP contribution in [-0.4, -0.2) is 16.8 Å². The Balaban J connectivity index is 1.56. The number of anilines is 1. The lowest BCUT2D eigenvalue weighted by Gasteiger charge is -2.20. The van der Waals surface area contributed by atoms with E-state index in [1.807, 2.05) is 29.6 Å². The standard InChI is InChI=1S/C19H23N3O2S/c1-13(23)21-16-9-7-14(8-10-16)17-12-25-18(22-17)11-20-19(24)15-5-3-2-4-6-15/h7-10,12,15H,2-6,11H2,1H3,(H,20,24)(H,21,23). The minimum atomic E-state index is -0.0857. The van der Waals surface area contributed by atoms with Crippen molar-refractivity contribution in [2.45, 2.75) is 45.6 Å². The number of hydrogen-bond donors (Lipinski definition) is 2. The van der Waals surface area contributed by atoms with Crippen molar-refractivity contribution in [3.05, 3.63) is 34.7 Å². The normalized spacial score (nSPS) is 14.9. The van der Waals surface area contributed by atoms with Gasteiger partial charge in [-0.3, -0.25) is 9.59 Å². The van der Waals surface area contributed by atoms with E-state index in [9.17, 15) is 9.59 Å². The van der Waals surface area contributed by atoms with E-state index >= 15 is 0 Å². The molecule has 3 rings (SSSR count). The highest BCUT2D eigenvalue weighted by Crippen LogP contribution is 2.25. The van der Waals surface area contributed by atoms with Crippen molar-refractivity contribution >= 4 is 28.8 Å². The fourth-order valence-corrected chi connectivity index (χ4v) is 3.87. The Morgan fingerprint density at radius 1 is 1.16 bits per heavy atom. The van der Waals surface area contributed by atoms with Crippen LogP contribution >= 0.6 is 11.3 Å². The molecule has 6 heteroatoms. The third kappa shape index (κ3) is 4.89. The van der Waals surface area contributed by atoms with E-state index in [1.54, 1.807) is 11.3 Å². The van der Waals surface area contributed by atoms with Crippen LogP contribution in [0.15, 0.2) is 29.6 Å². The van der Waals surface area contributed by atoms with Gasteiger partial charge in [-0.2, -0.15) is 0 Å². The molecule has 1 saturated carbocycles. The number of amides is 2. The van der Waals surface area contributed by atoms with Gasteiger partial charge < -0.3 is 10.6 Å². The highest BCUT2D eigenvalue weighted by molar-refractivity contribution is 7.09. The third-order valence-corrected chi connectivity index (χ3v) is 5.29. The molecule has 1 aliphatic carbocycles. The first-order chi connectivity index (χ1) is 12.1. The maximum atomic E-state index is 12.2. The Morgan fingerprint density at radius 3 is 2.56 bits per heavy atom. The summed E-state index contributed by atoms with van der Waals surface area (Å²) in [5.41, 5.74) is 2.66. The molecule has 1 heterocycles. The van der Waals surface area contributed by atoms with Crippen molar-refractivity contribution in [2.75, 3.05) is 5.32 Å². The summed E-state index contributed by atoms with van der Waals surface area (Å²) in [6, 6.07) is 7.59. The van der Waals surface area contributed by atoms with Gasteiger partial charge in [-0.05, 0) is 25.0 Å².